The van der Waals surface area contributed by atoms with Gasteiger partial charge in [0.15, 0.2) is 0 Å². The lowest BCUT2D eigenvalue weighted by atomic mass is 10.2. The monoisotopic (exact) mass is 296 g/mol. The van der Waals surface area contributed by atoms with Crippen molar-refractivity contribution in [1.82, 2.24) is 20.3 Å². The summed E-state index contributed by atoms with van der Waals surface area (Å²) in [4.78, 5) is 33.9. The summed E-state index contributed by atoms with van der Waals surface area (Å²) in [6, 6.07) is 11.0. The second kappa shape index (κ2) is 5.85. The third-order valence-corrected chi connectivity index (χ3v) is 3.39. The number of fused-ring (bicyclic) bond motifs is 1. The molecule has 1 amide bonds. The Hall–Kier alpha value is -2.89. The Bertz CT molecular complexity index is 846. The van der Waals surface area contributed by atoms with Crippen LogP contribution in [0.15, 0.2) is 41.2 Å². The van der Waals surface area contributed by atoms with Gasteiger partial charge < -0.3 is 15.3 Å². The summed E-state index contributed by atoms with van der Waals surface area (Å²) in [6.07, 6.45) is 0.574. The van der Waals surface area contributed by atoms with E-state index >= 15 is 0 Å². The third kappa shape index (κ3) is 2.90. The van der Waals surface area contributed by atoms with E-state index in [-0.39, 0.29) is 17.0 Å². The van der Waals surface area contributed by atoms with Crippen LogP contribution in [-0.4, -0.2) is 27.4 Å². The van der Waals surface area contributed by atoms with Gasteiger partial charge in [0, 0.05) is 18.7 Å². The number of imidazole rings is 1. The molecule has 2 heterocycles. The highest BCUT2D eigenvalue weighted by atomic mass is 16.2. The number of hydrogen-bond donors (Lipinski definition) is 3. The summed E-state index contributed by atoms with van der Waals surface area (Å²) < 4.78 is 0. The SMILES string of the molecule is Cc1ccc(C(=O)NCCc2nc3ccccc3[nH]2)c(=O)[nH]1. The average Bonchev–Trinajstić information content (AvgIpc) is 2.89. The molecule has 0 fully saturated rings. The number of pyridine rings is 1. The Kier molecular flexibility index (Phi) is 3.74. The van der Waals surface area contributed by atoms with Gasteiger partial charge in [0.25, 0.3) is 11.5 Å². The fraction of sp³-hybridized carbons (Fsp3) is 0.188. The predicted molar refractivity (Wildman–Crippen MR) is 83.9 cm³/mol. The van der Waals surface area contributed by atoms with Crippen LogP contribution in [0.4, 0.5) is 0 Å². The van der Waals surface area contributed by atoms with Gasteiger partial charge in [-0.2, -0.15) is 0 Å². The van der Waals surface area contributed by atoms with Crippen molar-refractivity contribution in [3.8, 4) is 0 Å². The summed E-state index contributed by atoms with van der Waals surface area (Å²) in [5.41, 5.74) is 2.35. The first-order valence-corrected chi connectivity index (χ1v) is 7.05. The number of rotatable bonds is 4. The number of aromatic amines is 2. The Morgan fingerprint density at radius 3 is 2.77 bits per heavy atom. The van der Waals surface area contributed by atoms with Crippen LogP contribution < -0.4 is 10.9 Å². The molecule has 0 atom stereocenters. The number of carbonyl (C=O) groups is 1. The van der Waals surface area contributed by atoms with E-state index in [9.17, 15) is 9.59 Å². The highest BCUT2D eigenvalue weighted by Gasteiger charge is 2.10. The molecule has 22 heavy (non-hydrogen) atoms. The van der Waals surface area contributed by atoms with Gasteiger partial charge in [-0.1, -0.05) is 12.1 Å². The van der Waals surface area contributed by atoms with Gasteiger partial charge in [0.05, 0.1) is 11.0 Å². The number of amides is 1. The van der Waals surface area contributed by atoms with E-state index in [2.05, 4.69) is 20.3 Å². The molecule has 0 bridgehead atoms. The quantitative estimate of drug-likeness (QED) is 0.682. The predicted octanol–water partition coefficient (Wildman–Crippen LogP) is 1.53. The highest BCUT2D eigenvalue weighted by molar-refractivity contribution is 5.93. The van der Waals surface area contributed by atoms with Crippen LogP contribution in [0.25, 0.3) is 11.0 Å². The molecular weight excluding hydrogens is 280 g/mol. The van der Waals surface area contributed by atoms with E-state index in [1.165, 1.54) is 6.07 Å². The summed E-state index contributed by atoms with van der Waals surface area (Å²) in [6.45, 7) is 2.18. The maximum Gasteiger partial charge on any atom is 0.260 e. The second-order valence-electron chi connectivity index (χ2n) is 5.09. The maximum absolute atomic E-state index is 12.0. The van der Waals surface area contributed by atoms with Crippen LogP contribution in [0.3, 0.4) is 0 Å². The first kappa shape index (κ1) is 14.1. The number of nitrogens with one attached hydrogen (secondary N) is 3. The standard InChI is InChI=1S/C16H16N4O2/c1-10-6-7-11(16(22)18-10)15(21)17-9-8-14-19-12-4-2-3-5-13(12)20-14/h2-7H,8-9H2,1H3,(H,17,21)(H,18,22)(H,19,20). The molecule has 6 nitrogen and oxygen atoms in total. The topological polar surface area (TPSA) is 90.6 Å². The zero-order valence-corrected chi connectivity index (χ0v) is 12.1. The van der Waals surface area contributed by atoms with Gasteiger partial charge >= 0.3 is 0 Å². The molecule has 6 heteroatoms. The Labute approximate surface area is 126 Å². The summed E-state index contributed by atoms with van der Waals surface area (Å²) in [5.74, 6) is 0.427. The van der Waals surface area contributed by atoms with E-state index in [1.807, 2.05) is 24.3 Å². The summed E-state index contributed by atoms with van der Waals surface area (Å²) in [5, 5.41) is 2.73. The number of para-hydroxylation sites is 2. The van der Waals surface area contributed by atoms with Crippen molar-refractivity contribution in [2.75, 3.05) is 6.54 Å². The molecule has 1 aromatic carbocycles. The molecule has 0 saturated heterocycles. The normalized spacial score (nSPS) is 10.8. The van der Waals surface area contributed by atoms with E-state index in [1.54, 1.807) is 13.0 Å². The van der Waals surface area contributed by atoms with E-state index in [0.29, 0.717) is 13.0 Å². The molecule has 3 rings (SSSR count). The number of benzene rings is 1. The Morgan fingerprint density at radius 2 is 2.00 bits per heavy atom. The lowest BCUT2D eigenvalue weighted by molar-refractivity contribution is 0.0952. The van der Waals surface area contributed by atoms with E-state index < -0.39 is 0 Å². The molecular formula is C16H16N4O2. The van der Waals surface area contributed by atoms with E-state index in [0.717, 1.165) is 22.6 Å². The van der Waals surface area contributed by atoms with Crippen LogP contribution in [0.2, 0.25) is 0 Å². The molecule has 0 aliphatic heterocycles. The molecule has 0 saturated carbocycles. The number of carbonyl (C=O) groups excluding carboxylic acids is 1. The smallest absolute Gasteiger partial charge is 0.260 e. The number of H-pyrrole nitrogens is 2. The fourth-order valence-electron chi connectivity index (χ4n) is 2.26. The number of aromatic nitrogens is 3. The molecule has 0 spiro atoms. The molecule has 3 N–H and O–H groups in total. The van der Waals surface area contributed by atoms with Crippen molar-refractivity contribution in [2.24, 2.45) is 0 Å². The Morgan fingerprint density at radius 1 is 1.18 bits per heavy atom. The second-order valence-corrected chi connectivity index (χ2v) is 5.09. The summed E-state index contributed by atoms with van der Waals surface area (Å²) >= 11 is 0. The van der Waals surface area contributed by atoms with Crippen LogP contribution in [0, 0.1) is 6.92 Å². The van der Waals surface area contributed by atoms with Crippen molar-refractivity contribution in [3.63, 3.8) is 0 Å². The third-order valence-electron chi connectivity index (χ3n) is 3.39. The van der Waals surface area contributed by atoms with Crippen LogP contribution in [0.5, 0.6) is 0 Å². The van der Waals surface area contributed by atoms with Crippen molar-refractivity contribution >= 4 is 16.9 Å². The largest absolute Gasteiger partial charge is 0.351 e. The number of aryl methyl sites for hydroxylation is 1. The minimum atomic E-state index is -0.377. The minimum Gasteiger partial charge on any atom is -0.351 e. The van der Waals surface area contributed by atoms with Crippen molar-refractivity contribution in [1.29, 1.82) is 0 Å². The highest BCUT2D eigenvalue weighted by Crippen LogP contribution is 2.10. The molecule has 112 valence electrons. The van der Waals surface area contributed by atoms with Crippen LogP contribution in [0.1, 0.15) is 21.9 Å². The van der Waals surface area contributed by atoms with Crippen LogP contribution >= 0.6 is 0 Å². The molecule has 0 aliphatic rings. The average molecular weight is 296 g/mol. The molecule has 2 aromatic heterocycles. The minimum absolute atomic E-state index is 0.121. The summed E-state index contributed by atoms with van der Waals surface area (Å²) in [7, 11) is 0. The van der Waals surface area contributed by atoms with Crippen LogP contribution in [-0.2, 0) is 6.42 Å². The first-order valence-electron chi connectivity index (χ1n) is 7.05. The van der Waals surface area contributed by atoms with E-state index in [4.69, 9.17) is 0 Å². The van der Waals surface area contributed by atoms with Crippen molar-refractivity contribution < 1.29 is 4.79 Å². The fourth-order valence-corrected chi connectivity index (χ4v) is 2.26. The lowest BCUT2D eigenvalue weighted by Crippen LogP contribution is -2.31. The number of nitrogens with zero attached hydrogens (tertiary/aromatic N) is 1. The van der Waals surface area contributed by atoms with Gasteiger partial charge in [-0.15, -0.1) is 0 Å². The first-order chi connectivity index (χ1) is 10.6. The molecule has 0 aliphatic carbocycles. The van der Waals surface area contributed by atoms with Crippen molar-refractivity contribution in [3.05, 3.63) is 63.8 Å². The van der Waals surface area contributed by atoms with Crippen molar-refractivity contribution in [2.45, 2.75) is 13.3 Å². The van der Waals surface area contributed by atoms with Gasteiger partial charge in [-0.25, -0.2) is 4.98 Å². The van der Waals surface area contributed by atoms with Gasteiger partial charge in [0.2, 0.25) is 0 Å². The van der Waals surface area contributed by atoms with Gasteiger partial charge in [0.1, 0.15) is 11.4 Å². The molecule has 0 radical (unpaired) electrons. The van der Waals surface area contributed by atoms with Gasteiger partial charge in [-0.05, 0) is 31.2 Å². The molecule has 3 aromatic rings. The Balaban J connectivity index is 1.62. The zero-order chi connectivity index (χ0) is 15.5. The zero-order valence-electron chi connectivity index (χ0n) is 12.1. The maximum atomic E-state index is 12.0. The molecule has 0 unspecified atom stereocenters. The van der Waals surface area contributed by atoms with Gasteiger partial charge in [-0.3, -0.25) is 9.59 Å². The lowest BCUT2D eigenvalue weighted by Gasteiger charge is -2.03. The number of hydrogen-bond acceptors (Lipinski definition) is 3.